The quantitative estimate of drug-likeness (QED) is 0.604. The number of hydrogen-bond donors (Lipinski definition) is 1. The number of hydrogen-bond acceptors (Lipinski definition) is 1. The molecule has 0 radical (unpaired) electrons. The van der Waals surface area contributed by atoms with Crippen LogP contribution in [0.5, 0.6) is 0 Å². The molecule has 2 rings (SSSR count). The molecule has 2 bridgehead atoms. The highest BCUT2D eigenvalue weighted by Gasteiger charge is 2.51. The van der Waals surface area contributed by atoms with Crippen LogP contribution < -0.4 is 5.32 Å². The zero-order chi connectivity index (χ0) is 9.69. The van der Waals surface area contributed by atoms with Crippen molar-refractivity contribution in [1.29, 1.82) is 0 Å². The van der Waals surface area contributed by atoms with E-state index >= 15 is 0 Å². The molecule has 1 amide bonds. The summed E-state index contributed by atoms with van der Waals surface area (Å²) in [5.41, 5.74) is 0.381. The first-order chi connectivity index (χ1) is 5.96. The Morgan fingerprint density at radius 1 is 1.46 bits per heavy atom. The summed E-state index contributed by atoms with van der Waals surface area (Å²) >= 11 is 0. The van der Waals surface area contributed by atoms with Crippen molar-refractivity contribution in [1.82, 2.24) is 5.32 Å². The van der Waals surface area contributed by atoms with Crippen LogP contribution >= 0.6 is 0 Å². The van der Waals surface area contributed by atoms with Crippen molar-refractivity contribution in [2.75, 3.05) is 0 Å². The fourth-order valence-corrected chi connectivity index (χ4v) is 2.56. The zero-order valence-electron chi connectivity index (χ0n) is 8.55. The SMILES string of the molecule is CC12C=CC(=O)NC(CC1)C2(C)C. The van der Waals surface area contributed by atoms with Crippen molar-refractivity contribution in [3.8, 4) is 0 Å². The fourth-order valence-electron chi connectivity index (χ4n) is 2.56. The third-order valence-electron chi connectivity index (χ3n) is 4.21. The van der Waals surface area contributed by atoms with Crippen molar-refractivity contribution in [2.45, 2.75) is 39.7 Å². The van der Waals surface area contributed by atoms with Crippen LogP contribution in [0.1, 0.15) is 33.6 Å². The smallest absolute Gasteiger partial charge is 0.243 e. The molecule has 13 heavy (non-hydrogen) atoms. The van der Waals surface area contributed by atoms with Gasteiger partial charge in [-0.2, -0.15) is 0 Å². The van der Waals surface area contributed by atoms with Crippen LogP contribution in [-0.4, -0.2) is 11.9 Å². The maximum Gasteiger partial charge on any atom is 0.243 e. The minimum atomic E-state index is 0.0708. The molecular formula is C11H17NO. The van der Waals surface area contributed by atoms with E-state index < -0.39 is 0 Å². The Hall–Kier alpha value is -0.790. The molecule has 1 fully saturated rings. The lowest BCUT2D eigenvalue weighted by Gasteiger charge is -2.38. The minimum Gasteiger partial charge on any atom is -0.349 e. The summed E-state index contributed by atoms with van der Waals surface area (Å²) in [5, 5.41) is 3.06. The van der Waals surface area contributed by atoms with Crippen LogP contribution in [0.4, 0.5) is 0 Å². The maximum atomic E-state index is 11.3. The van der Waals surface area contributed by atoms with Crippen LogP contribution in [-0.2, 0) is 4.79 Å². The highest BCUT2D eigenvalue weighted by Crippen LogP contribution is 2.54. The predicted octanol–water partition coefficient (Wildman–Crippen LogP) is 1.87. The van der Waals surface area contributed by atoms with Gasteiger partial charge in [0.2, 0.25) is 5.91 Å². The second kappa shape index (κ2) is 2.37. The van der Waals surface area contributed by atoms with E-state index in [1.54, 1.807) is 6.08 Å². The van der Waals surface area contributed by atoms with Gasteiger partial charge in [-0.3, -0.25) is 4.79 Å². The van der Waals surface area contributed by atoms with Gasteiger partial charge in [0.1, 0.15) is 0 Å². The molecule has 2 atom stereocenters. The van der Waals surface area contributed by atoms with Crippen molar-refractivity contribution in [3.63, 3.8) is 0 Å². The van der Waals surface area contributed by atoms with Gasteiger partial charge in [0.05, 0.1) is 0 Å². The normalized spacial score (nSPS) is 41.5. The van der Waals surface area contributed by atoms with Crippen molar-refractivity contribution in [2.24, 2.45) is 10.8 Å². The molecule has 72 valence electrons. The van der Waals surface area contributed by atoms with Crippen LogP contribution in [0.2, 0.25) is 0 Å². The number of rotatable bonds is 0. The number of nitrogens with one attached hydrogen (secondary N) is 1. The van der Waals surface area contributed by atoms with E-state index in [1.807, 2.05) is 0 Å². The summed E-state index contributed by atoms with van der Waals surface area (Å²) in [6.07, 6.45) is 6.08. The summed E-state index contributed by atoms with van der Waals surface area (Å²) in [4.78, 5) is 11.3. The van der Waals surface area contributed by atoms with Gasteiger partial charge in [-0.15, -0.1) is 0 Å². The Balaban J connectivity index is 2.45. The largest absolute Gasteiger partial charge is 0.349 e. The molecule has 0 aromatic heterocycles. The highest BCUT2D eigenvalue weighted by molar-refractivity contribution is 5.88. The van der Waals surface area contributed by atoms with E-state index in [9.17, 15) is 4.79 Å². The Morgan fingerprint density at radius 2 is 2.15 bits per heavy atom. The summed E-state index contributed by atoms with van der Waals surface area (Å²) < 4.78 is 0. The van der Waals surface area contributed by atoms with Gasteiger partial charge < -0.3 is 5.32 Å². The number of carbonyl (C=O) groups excluding carboxylic acids is 1. The molecule has 0 aromatic rings. The second-order valence-corrected chi connectivity index (χ2v) is 5.07. The van der Waals surface area contributed by atoms with E-state index in [4.69, 9.17) is 0 Å². The van der Waals surface area contributed by atoms with Gasteiger partial charge in [-0.05, 0) is 29.7 Å². The van der Waals surface area contributed by atoms with Crippen LogP contribution in [0.15, 0.2) is 12.2 Å². The van der Waals surface area contributed by atoms with Crippen molar-refractivity contribution >= 4 is 5.91 Å². The lowest BCUT2D eigenvalue weighted by Crippen LogP contribution is -2.43. The molecule has 2 heteroatoms. The first-order valence-corrected chi connectivity index (χ1v) is 4.95. The zero-order valence-corrected chi connectivity index (χ0v) is 8.55. The van der Waals surface area contributed by atoms with E-state index in [-0.39, 0.29) is 16.7 Å². The molecular weight excluding hydrogens is 162 g/mol. The van der Waals surface area contributed by atoms with Gasteiger partial charge in [0.15, 0.2) is 0 Å². The monoisotopic (exact) mass is 179 g/mol. The standard InChI is InChI=1S/C11H17NO/c1-10(2)8-4-6-11(10,3)7-5-9(13)12-8/h5,7-8H,4,6H2,1-3H3,(H,12,13). The lowest BCUT2D eigenvalue weighted by molar-refractivity contribution is -0.117. The molecule has 1 saturated carbocycles. The van der Waals surface area contributed by atoms with Gasteiger partial charge in [-0.1, -0.05) is 26.8 Å². The average molecular weight is 179 g/mol. The third kappa shape index (κ3) is 1.04. The molecule has 2 nitrogen and oxygen atoms in total. The number of carbonyl (C=O) groups is 1. The molecule has 2 unspecified atom stereocenters. The third-order valence-corrected chi connectivity index (χ3v) is 4.21. The first kappa shape index (κ1) is 8.79. The molecule has 0 aromatic carbocycles. The topological polar surface area (TPSA) is 29.1 Å². The Bertz CT molecular complexity index is 280. The number of allylic oxidation sites excluding steroid dienone is 1. The summed E-state index contributed by atoms with van der Waals surface area (Å²) in [7, 11) is 0. The fraction of sp³-hybridized carbons (Fsp3) is 0.727. The minimum absolute atomic E-state index is 0.0708. The van der Waals surface area contributed by atoms with Crippen molar-refractivity contribution in [3.05, 3.63) is 12.2 Å². The first-order valence-electron chi connectivity index (χ1n) is 4.95. The van der Waals surface area contributed by atoms with Crippen LogP contribution in [0.3, 0.4) is 0 Å². The van der Waals surface area contributed by atoms with E-state index in [0.29, 0.717) is 6.04 Å². The van der Waals surface area contributed by atoms with Gasteiger partial charge in [0.25, 0.3) is 0 Å². The summed E-state index contributed by atoms with van der Waals surface area (Å²) in [6, 6.07) is 0.347. The Kier molecular flexibility index (Phi) is 1.60. The average Bonchev–Trinajstić information content (AvgIpc) is 2.19. The maximum absolute atomic E-state index is 11.3. The Labute approximate surface area is 79.4 Å². The van der Waals surface area contributed by atoms with E-state index in [2.05, 4.69) is 32.2 Å². The molecule has 1 aliphatic carbocycles. The van der Waals surface area contributed by atoms with Gasteiger partial charge >= 0.3 is 0 Å². The summed E-state index contributed by atoms with van der Waals surface area (Å²) in [5.74, 6) is 0.0708. The van der Waals surface area contributed by atoms with E-state index in [0.717, 1.165) is 6.42 Å². The molecule has 0 saturated heterocycles. The number of amides is 1. The summed E-state index contributed by atoms with van der Waals surface area (Å²) in [6.45, 7) is 6.75. The molecule has 1 heterocycles. The van der Waals surface area contributed by atoms with Gasteiger partial charge in [0, 0.05) is 6.04 Å². The molecule has 1 N–H and O–H groups in total. The second-order valence-electron chi connectivity index (χ2n) is 5.07. The highest BCUT2D eigenvalue weighted by atomic mass is 16.1. The van der Waals surface area contributed by atoms with E-state index in [1.165, 1.54) is 6.42 Å². The number of fused-ring (bicyclic) bond motifs is 2. The molecule has 1 aliphatic heterocycles. The van der Waals surface area contributed by atoms with Crippen LogP contribution in [0.25, 0.3) is 0 Å². The molecule has 2 aliphatic rings. The van der Waals surface area contributed by atoms with Gasteiger partial charge in [-0.25, -0.2) is 0 Å². The van der Waals surface area contributed by atoms with Crippen molar-refractivity contribution < 1.29 is 4.79 Å². The Morgan fingerprint density at radius 3 is 2.85 bits per heavy atom. The van der Waals surface area contributed by atoms with Crippen LogP contribution in [0, 0.1) is 10.8 Å². The molecule has 0 spiro atoms. The predicted molar refractivity (Wildman–Crippen MR) is 52.2 cm³/mol. The lowest BCUT2D eigenvalue weighted by atomic mass is 9.68.